The van der Waals surface area contributed by atoms with Crippen molar-refractivity contribution in [2.45, 2.75) is 13.0 Å². The van der Waals surface area contributed by atoms with Crippen LogP contribution in [0.3, 0.4) is 0 Å². The van der Waals surface area contributed by atoms with Crippen LogP contribution in [0.2, 0.25) is 10.0 Å². The van der Waals surface area contributed by atoms with Crippen molar-refractivity contribution in [3.8, 4) is 0 Å². The summed E-state index contributed by atoms with van der Waals surface area (Å²) in [6, 6.07) is 14.1. The van der Waals surface area contributed by atoms with Gasteiger partial charge in [-0.1, -0.05) is 35.3 Å². The summed E-state index contributed by atoms with van der Waals surface area (Å²) in [5.74, 6) is -1.56. The van der Waals surface area contributed by atoms with Gasteiger partial charge in [0.2, 0.25) is 11.9 Å². The molecule has 2 aliphatic rings. The third-order valence-corrected chi connectivity index (χ3v) is 6.12. The second kappa shape index (κ2) is 9.79. The van der Waals surface area contributed by atoms with E-state index >= 15 is 0 Å². The highest BCUT2D eigenvalue weighted by Gasteiger charge is 2.42. The fourth-order valence-corrected chi connectivity index (χ4v) is 4.21. The number of esters is 1. The quantitative estimate of drug-likeness (QED) is 0.541. The van der Waals surface area contributed by atoms with Gasteiger partial charge in [-0.05, 0) is 48.9 Å². The molecule has 0 aliphatic carbocycles. The minimum Gasteiger partial charge on any atom is -0.465 e. The monoisotopic (exact) mass is 474 g/mol. The summed E-state index contributed by atoms with van der Waals surface area (Å²) >= 11 is 12.0. The molecule has 2 aromatic carbocycles. The number of hydrogen-bond acceptors (Lipinski definition) is 6. The zero-order valence-corrected chi connectivity index (χ0v) is 19.1. The Balaban J connectivity index is 1.55. The molecule has 0 bridgehead atoms. The molecule has 32 heavy (non-hydrogen) atoms. The number of benzene rings is 2. The van der Waals surface area contributed by atoms with E-state index in [-0.39, 0.29) is 6.61 Å². The molecule has 168 valence electrons. The molecule has 1 N–H and O–H groups in total. The number of aliphatic imine (C=N–C) groups is 1. The Morgan fingerprint density at radius 3 is 2.16 bits per heavy atom. The smallest absolute Gasteiger partial charge is 0.321 e. The lowest BCUT2D eigenvalue weighted by molar-refractivity contribution is -0.153. The number of piperazine rings is 1. The molecule has 7 nitrogen and oxygen atoms in total. The topological polar surface area (TPSA) is 74.2 Å². The molecule has 0 unspecified atom stereocenters. The fourth-order valence-electron chi connectivity index (χ4n) is 3.95. The summed E-state index contributed by atoms with van der Waals surface area (Å²) in [5, 5.41) is 4.10. The van der Waals surface area contributed by atoms with Crippen molar-refractivity contribution in [3.63, 3.8) is 0 Å². The molecule has 0 aromatic heterocycles. The Morgan fingerprint density at radius 2 is 1.56 bits per heavy atom. The number of guanidine groups is 1. The number of nitrogens with one attached hydrogen (secondary N) is 1. The van der Waals surface area contributed by atoms with Gasteiger partial charge in [0.05, 0.1) is 6.61 Å². The first-order valence-corrected chi connectivity index (χ1v) is 11.3. The van der Waals surface area contributed by atoms with Crippen LogP contribution in [-0.4, -0.2) is 55.5 Å². The Labute approximate surface area is 196 Å². The summed E-state index contributed by atoms with van der Waals surface area (Å²) in [6.07, 6.45) is 0. The van der Waals surface area contributed by atoms with E-state index in [1.807, 2.05) is 29.2 Å². The average Bonchev–Trinajstić information content (AvgIpc) is 2.80. The lowest BCUT2D eigenvalue weighted by Crippen LogP contribution is -2.57. The van der Waals surface area contributed by atoms with Crippen LogP contribution in [0.1, 0.15) is 18.5 Å². The lowest BCUT2D eigenvalue weighted by atomic mass is 9.91. The van der Waals surface area contributed by atoms with Crippen LogP contribution in [0, 0.1) is 5.92 Å². The van der Waals surface area contributed by atoms with E-state index in [4.69, 9.17) is 32.9 Å². The summed E-state index contributed by atoms with van der Waals surface area (Å²) in [4.78, 5) is 34.6. The molecule has 1 amide bonds. The third kappa shape index (κ3) is 4.84. The van der Waals surface area contributed by atoms with E-state index in [2.05, 4.69) is 10.2 Å². The normalized spacial score (nSPS) is 21.1. The third-order valence-electron chi connectivity index (χ3n) is 5.62. The number of rotatable bonds is 4. The number of carbonyl (C=O) groups is 2. The van der Waals surface area contributed by atoms with Crippen LogP contribution in [0.4, 0.5) is 5.69 Å². The van der Waals surface area contributed by atoms with E-state index in [9.17, 15) is 9.59 Å². The number of halogens is 2. The highest BCUT2D eigenvalue weighted by molar-refractivity contribution is 6.30. The SMILES string of the molecule is CCOC(=O)[C@@H]1C(=O)NC(N2CCN(c3ccc(Cl)cc3)CC2)=N[C@@H]1c1ccc(Cl)cc1. The number of anilines is 1. The van der Waals surface area contributed by atoms with Gasteiger partial charge in [0.15, 0.2) is 5.92 Å². The Bertz CT molecular complexity index is 1000. The van der Waals surface area contributed by atoms with Gasteiger partial charge < -0.3 is 14.5 Å². The predicted octanol–water partition coefficient (Wildman–Crippen LogP) is 3.52. The highest BCUT2D eigenvalue weighted by atomic mass is 35.5. The van der Waals surface area contributed by atoms with Gasteiger partial charge in [0, 0.05) is 41.9 Å². The molecule has 1 saturated heterocycles. The maximum atomic E-state index is 13.0. The molecule has 0 radical (unpaired) electrons. The largest absolute Gasteiger partial charge is 0.465 e. The molecule has 4 rings (SSSR count). The van der Waals surface area contributed by atoms with Crippen LogP contribution in [0.25, 0.3) is 0 Å². The van der Waals surface area contributed by atoms with Crippen LogP contribution in [0.15, 0.2) is 53.5 Å². The molecule has 0 saturated carbocycles. The van der Waals surface area contributed by atoms with Crippen molar-refractivity contribution in [2.75, 3.05) is 37.7 Å². The standard InChI is InChI=1S/C23H24Cl2N4O3/c1-2-32-22(31)19-20(15-3-5-16(24)6-4-15)26-23(27-21(19)30)29-13-11-28(12-14-29)18-9-7-17(25)8-10-18/h3-10,19-20H,2,11-14H2,1H3,(H,26,27,30)/t19-,20+/m0/s1. The van der Waals surface area contributed by atoms with Crippen molar-refractivity contribution >= 4 is 46.7 Å². The molecule has 2 aliphatic heterocycles. The first-order chi connectivity index (χ1) is 15.5. The maximum Gasteiger partial charge on any atom is 0.321 e. The second-order valence-electron chi connectivity index (χ2n) is 7.62. The van der Waals surface area contributed by atoms with Gasteiger partial charge in [-0.15, -0.1) is 0 Å². The molecule has 2 atom stereocenters. The summed E-state index contributed by atoms with van der Waals surface area (Å²) in [5.41, 5.74) is 1.84. The molecule has 2 aromatic rings. The van der Waals surface area contributed by atoms with Crippen LogP contribution >= 0.6 is 23.2 Å². The second-order valence-corrected chi connectivity index (χ2v) is 8.49. The molecular formula is C23H24Cl2N4O3. The van der Waals surface area contributed by atoms with E-state index < -0.39 is 23.8 Å². The van der Waals surface area contributed by atoms with Gasteiger partial charge in [-0.25, -0.2) is 4.99 Å². The van der Waals surface area contributed by atoms with Crippen molar-refractivity contribution in [1.82, 2.24) is 10.2 Å². The van der Waals surface area contributed by atoms with Crippen molar-refractivity contribution in [1.29, 1.82) is 0 Å². The van der Waals surface area contributed by atoms with Crippen molar-refractivity contribution in [2.24, 2.45) is 10.9 Å². The first kappa shape index (κ1) is 22.4. The molecular weight excluding hydrogens is 451 g/mol. The average molecular weight is 475 g/mol. The van der Waals surface area contributed by atoms with Crippen LogP contribution in [-0.2, 0) is 14.3 Å². The number of hydrogen-bond donors (Lipinski definition) is 1. The summed E-state index contributed by atoms with van der Waals surface area (Å²) in [7, 11) is 0. The Hall–Kier alpha value is -2.77. The Morgan fingerprint density at radius 1 is 1.00 bits per heavy atom. The molecule has 9 heteroatoms. The summed E-state index contributed by atoms with van der Waals surface area (Å²) in [6.45, 7) is 4.80. The zero-order valence-electron chi connectivity index (χ0n) is 17.6. The minimum absolute atomic E-state index is 0.194. The minimum atomic E-state index is -1.05. The molecule has 1 fully saturated rings. The van der Waals surface area contributed by atoms with Crippen molar-refractivity contribution < 1.29 is 14.3 Å². The predicted molar refractivity (Wildman–Crippen MR) is 125 cm³/mol. The zero-order chi connectivity index (χ0) is 22.7. The number of amides is 1. The van der Waals surface area contributed by atoms with Crippen LogP contribution < -0.4 is 10.2 Å². The van der Waals surface area contributed by atoms with E-state index in [0.29, 0.717) is 29.1 Å². The van der Waals surface area contributed by atoms with E-state index in [1.165, 1.54) is 0 Å². The van der Waals surface area contributed by atoms with Crippen molar-refractivity contribution in [3.05, 3.63) is 64.1 Å². The van der Waals surface area contributed by atoms with E-state index in [0.717, 1.165) is 24.3 Å². The molecule has 2 heterocycles. The number of ether oxygens (including phenoxy) is 1. The van der Waals surface area contributed by atoms with E-state index in [1.54, 1.807) is 31.2 Å². The van der Waals surface area contributed by atoms with Gasteiger partial charge in [0.1, 0.15) is 6.04 Å². The fraction of sp³-hybridized carbons (Fsp3) is 0.348. The maximum absolute atomic E-state index is 13.0. The lowest BCUT2D eigenvalue weighted by Gasteiger charge is -2.39. The molecule has 0 spiro atoms. The number of nitrogens with zero attached hydrogens (tertiary/aromatic N) is 3. The number of carbonyl (C=O) groups excluding carboxylic acids is 2. The Kier molecular flexibility index (Phi) is 6.86. The van der Waals surface area contributed by atoms with Gasteiger partial charge in [-0.3, -0.25) is 14.9 Å². The van der Waals surface area contributed by atoms with Crippen LogP contribution in [0.5, 0.6) is 0 Å². The van der Waals surface area contributed by atoms with Gasteiger partial charge in [0.25, 0.3) is 0 Å². The van der Waals surface area contributed by atoms with Gasteiger partial charge in [-0.2, -0.15) is 0 Å². The first-order valence-electron chi connectivity index (χ1n) is 10.5. The highest BCUT2D eigenvalue weighted by Crippen LogP contribution is 2.32. The van der Waals surface area contributed by atoms with Gasteiger partial charge >= 0.3 is 5.97 Å². The summed E-state index contributed by atoms with van der Waals surface area (Å²) < 4.78 is 5.15.